The normalized spacial score (nSPS) is 16.0. The molecule has 1 aliphatic rings. The fourth-order valence-electron chi connectivity index (χ4n) is 4.46. The van der Waals surface area contributed by atoms with Crippen molar-refractivity contribution in [2.75, 3.05) is 11.9 Å². The maximum atomic E-state index is 13.2. The minimum absolute atomic E-state index is 0.0441. The second-order valence-corrected chi connectivity index (χ2v) is 7.55. The van der Waals surface area contributed by atoms with Crippen LogP contribution in [0.25, 0.3) is 10.9 Å². The van der Waals surface area contributed by atoms with Crippen molar-refractivity contribution in [1.82, 2.24) is 4.57 Å². The minimum Gasteiger partial charge on any atom is -0.480 e. The number of carboxylic acid groups (broad SMARTS) is 1. The number of anilines is 1. The monoisotopic (exact) mass is 376 g/mol. The number of carbonyl (C=O) groups excluding carboxylic acids is 1. The minimum atomic E-state index is -0.846. The Morgan fingerprint density at radius 3 is 2.61 bits per heavy atom. The summed E-state index contributed by atoms with van der Waals surface area (Å²) in [6, 6.07) is 15.8. The van der Waals surface area contributed by atoms with Gasteiger partial charge in [0.25, 0.3) is 0 Å². The van der Waals surface area contributed by atoms with Crippen LogP contribution >= 0.6 is 0 Å². The molecule has 0 saturated carbocycles. The zero-order chi connectivity index (χ0) is 19.8. The van der Waals surface area contributed by atoms with Crippen LogP contribution in [0.3, 0.4) is 0 Å². The first-order valence-corrected chi connectivity index (χ1v) is 9.61. The molecular formula is C23H24N2O3. The Balaban J connectivity index is 1.67. The SMILES string of the molecule is Cc1ccccc1N(C)C(=O)C1CCc2c(c3ccccc3n2CC(=O)O)C1. The molecule has 1 aromatic heterocycles. The maximum Gasteiger partial charge on any atom is 0.323 e. The molecule has 144 valence electrons. The van der Waals surface area contributed by atoms with Gasteiger partial charge in [-0.2, -0.15) is 0 Å². The van der Waals surface area contributed by atoms with E-state index in [2.05, 4.69) is 0 Å². The summed E-state index contributed by atoms with van der Waals surface area (Å²) in [4.78, 5) is 26.3. The summed E-state index contributed by atoms with van der Waals surface area (Å²) in [6.45, 7) is 1.97. The second-order valence-electron chi connectivity index (χ2n) is 7.55. The number of hydrogen-bond donors (Lipinski definition) is 1. The number of aromatic nitrogens is 1. The number of fused-ring (bicyclic) bond motifs is 3. The van der Waals surface area contributed by atoms with Gasteiger partial charge in [-0.25, -0.2) is 0 Å². The van der Waals surface area contributed by atoms with E-state index in [1.165, 1.54) is 0 Å². The fraction of sp³-hybridized carbons (Fsp3) is 0.304. The van der Waals surface area contributed by atoms with Crippen LogP contribution in [0.1, 0.15) is 23.2 Å². The van der Waals surface area contributed by atoms with Gasteiger partial charge in [0.05, 0.1) is 0 Å². The lowest BCUT2D eigenvalue weighted by Gasteiger charge is -2.28. The second kappa shape index (κ2) is 7.15. The van der Waals surface area contributed by atoms with Crippen molar-refractivity contribution in [3.63, 3.8) is 0 Å². The van der Waals surface area contributed by atoms with Gasteiger partial charge in [0.15, 0.2) is 0 Å². The molecule has 0 aliphatic heterocycles. The summed E-state index contributed by atoms with van der Waals surface area (Å²) in [5, 5.41) is 10.4. The highest BCUT2D eigenvalue weighted by molar-refractivity contribution is 5.96. The highest BCUT2D eigenvalue weighted by Gasteiger charge is 2.31. The molecule has 0 radical (unpaired) electrons. The number of para-hydroxylation sites is 2. The third-order valence-electron chi connectivity index (χ3n) is 5.82. The van der Waals surface area contributed by atoms with Gasteiger partial charge in [-0.15, -0.1) is 0 Å². The highest BCUT2D eigenvalue weighted by atomic mass is 16.4. The number of benzene rings is 2. The van der Waals surface area contributed by atoms with Crippen molar-refractivity contribution in [3.05, 3.63) is 65.4 Å². The van der Waals surface area contributed by atoms with E-state index in [1.54, 1.807) is 4.90 Å². The topological polar surface area (TPSA) is 62.5 Å². The molecule has 28 heavy (non-hydrogen) atoms. The molecule has 1 atom stereocenters. The molecule has 1 unspecified atom stereocenters. The molecule has 5 heteroatoms. The van der Waals surface area contributed by atoms with E-state index in [9.17, 15) is 14.7 Å². The molecule has 0 bridgehead atoms. The van der Waals surface area contributed by atoms with Gasteiger partial charge in [0.2, 0.25) is 5.91 Å². The molecule has 1 heterocycles. The summed E-state index contributed by atoms with van der Waals surface area (Å²) >= 11 is 0. The van der Waals surface area contributed by atoms with Crippen molar-refractivity contribution in [1.29, 1.82) is 0 Å². The summed E-state index contributed by atoms with van der Waals surface area (Å²) < 4.78 is 1.90. The van der Waals surface area contributed by atoms with Gasteiger partial charge in [-0.1, -0.05) is 36.4 Å². The van der Waals surface area contributed by atoms with E-state index in [1.807, 2.05) is 67.1 Å². The molecule has 1 N–H and O–H groups in total. The summed E-state index contributed by atoms with van der Waals surface area (Å²) in [5.74, 6) is -0.822. The summed E-state index contributed by atoms with van der Waals surface area (Å²) in [6.07, 6.45) is 2.10. The first-order valence-electron chi connectivity index (χ1n) is 9.61. The molecule has 2 aromatic carbocycles. The number of aliphatic carboxylic acids is 1. The predicted molar refractivity (Wildman–Crippen MR) is 110 cm³/mol. The molecule has 0 fully saturated rings. The van der Waals surface area contributed by atoms with Crippen LogP contribution in [0, 0.1) is 12.8 Å². The lowest BCUT2D eigenvalue weighted by molar-refractivity contribution is -0.137. The Labute approximate surface area is 164 Å². The van der Waals surface area contributed by atoms with Gasteiger partial charge in [0, 0.05) is 35.2 Å². The molecule has 0 saturated heterocycles. The van der Waals surface area contributed by atoms with E-state index < -0.39 is 5.97 Å². The van der Waals surface area contributed by atoms with Crippen molar-refractivity contribution in [2.24, 2.45) is 5.92 Å². The van der Waals surface area contributed by atoms with Crippen LogP contribution in [-0.2, 0) is 29.0 Å². The lowest BCUT2D eigenvalue weighted by Crippen LogP contribution is -2.36. The molecule has 3 aromatic rings. The number of carbonyl (C=O) groups is 2. The average molecular weight is 376 g/mol. The third kappa shape index (κ3) is 3.07. The van der Waals surface area contributed by atoms with Crippen molar-refractivity contribution < 1.29 is 14.7 Å². The Morgan fingerprint density at radius 1 is 1.14 bits per heavy atom. The quantitative estimate of drug-likeness (QED) is 0.753. The lowest BCUT2D eigenvalue weighted by atomic mass is 9.85. The maximum absolute atomic E-state index is 13.2. The van der Waals surface area contributed by atoms with Crippen LogP contribution < -0.4 is 4.90 Å². The Bertz CT molecular complexity index is 1070. The summed E-state index contributed by atoms with van der Waals surface area (Å²) in [5.41, 5.74) is 5.14. The standard InChI is InChI=1S/C23H24N2O3/c1-15-7-3-5-9-19(15)24(2)23(28)16-11-12-21-18(13-16)17-8-4-6-10-20(17)25(21)14-22(26)27/h3-10,16H,11-14H2,1-2H3,(H,26,27). The van der Waals surface area contributed by atoms with E-state index in [4.69, 9.17) is 0 Å². The van der Waals surface area contributed by atoms with E-state index in [0.717, 1.165) is 46.3 Å². The molecule has 5 nitrogen and oxygen atoms in total. The largest absolute Gasteiger partial charge is 0.480 e. The van der Waals surface area contributed by atoms with Crippen LogP contribution in [0.5, 0.6) is 0 Å². The predicted octanol–water partition coefficient (Wildman–Crippen LogP) is 3.80. The zero-order valence-electron chi connectivity index (χ0n) is 16.2. The highest BCUT2D eigenvalue weighted by Crippen LogP contribution is 2.35. The van der Waals surface area contributed by atoms with Crippen LogP contribution in [-0.4, -0.2) is 28.6 Å². The Kier molecular flexibility index (Phi) is 4.67. The van der Waals surface area contributed by atoms with E-state index in [-0.39, 0.29) is 18.4 Å². The number of carboxylic acids is 1. The van der Waals surface area contributed by atoms with Crippen molar-refractivity contribution in [2.45, 2.75) is 32.7 Å². The van der Waals surface area contributed by atoms with Crippen LogP contribution in [0.2, 0.25) is 0 Å². The van der Waals surface area contributed by atoms with E-state index in [0.29, 0.717) is 6.42 Å². The van der Waals surface area contributed by atoms with E-state index >= 15 is 0 Å². The van der Waals surface area contributed by atoms with Crippen LogP contribution in [0.15, 0.2) is 48.5 Å². The van der Waals surface area contributed by atoms with Gasteiger partial charge in [0.1, 0.15) is 6.54 Å². The molecule has 4 rings (SSSR count). The van der Waals surface area contributed by atoms with Gasteiger partial charge < -0.3 is 14.6 Å². The number of hydrogen-bond acceptors (Lipinski definition) is 2. The smallest absolute Gasteiger partial charge is 0.323 e. The van der Waals surface area contributed by atoms with Crippen molar-refractivity contribution >= 4 is 28.5 Å². The first-order chi connectivity index (χ1) is 13.5. The third-order valence-corrected chi connectivity index (χ3v) is 5.82. The Morgan fingerprint density at radius 2 is 1.86 bits per heavy atom. The van der Waals surface area contributed by atoms with Gasteiger partial charge in [-0.05, 0) is 49.4 Å². The zero-order valence-corrected chi connectivity index (χ0v) is 16.2. The first kappa shape index (κ1) is 18.3. The molecule has 0 spiro atoms. The van der Waals surface area contributed by atoms with Crippen LogP contribution in [0.4, 0.5) is 5.69 Å². The number of rotatable bonds is 4. The van der Waals surface area contributed by atoms with Gasteiger partial charge >= 0.3 is 5.97 Å². The number of amides is 1. The Hall–Kier alpha value is -3.08. The fourth-order valence-corrected chi connectivity index (χ4v) is 4.46. The van der Waals surface area contributed by atoms with Crippen molar-refractivity contribution in [3.8, 4) is 0 Å². The molecule has 1 aliphatic carbocycles. The molecular weight excluding hydrogens is 352 g/mol. The number of aryl methyl sites for hydroxylation is 1. The number of nitrogens with zero attached hydrogens (tertiary/aromatic N) is 2. The average Bonchev–Trinajstić information content (AvgIpc) is 3.00. The summed E-state index contributed by atoms with van der Waals surface area (Å²) in [7, 11) is 1.84. The van der Waals surface area contributed by atoms with Gasteiger partial charge in [-0.3, -0.25) is 9.59 Å². The molecule has 1 amide bonds.